The van der Waals surface area contributed by atoms with Crippen LogP contribution in [0.2, 0.25) is 0 Å². The van der Waals surface area contributed by atoms with Crippen molar-refractivity contribution in [3.63, 3.8) is 0 Å². The Hall–Kier alpha value is -4.97. The molecule has 39 heavy (non-hydrogen) atoms. The van der Waals surface area contributed by atoms with E-state index in [-0.39, 0.29) is 18.2 Å². The van der Waals surface area contributed by atoms with Gasteiger partial charge in [0.05, 0.1) is 33.2 Å². The van der Waals surface area contributed by atoms with E-state index in [0.29, 0.717) is 22.7 Å². The van der Waals surface area contributed by atoms with Gasteiger partial charge in [-0.05, 0) is 36.4 Å². The first-order chi connectivity index (χ1) is 18.9. The summed E-state index contributed by atoms with van der Waals surface area (Å²) < 4.78 is 16.1. The number of nitrogens with zero attached hydrogens (tertiary/aromatic N) is 3. The lowest BCUT2D eigenvalue weighted by atomic mass is 10.1. The first-order valence-electron chi connectivity index (χ1n) is 11.6. The Balaban J connectivity index is 1.47. The Morgan fingerprint density at radius 3 is 2.46 bits per heavy atom. The highest BCUT2D eigenvalue weighted by Crippen LogP contribution is 2.47. The molecule has 1 aliphatic rings. The Kier molecular flexibility index (Phi) is 7.37. The Labute approximate surface area is 226 Å². The van der Waals surface area contributed by atoms with Crippen molar-refractivity contribution in [2.45, 2.75) is 9.79 Å². The van der Waals surface area contributed by atoms with Crippen LogP contribution in [-0.4, -0.2) is 47.0 Å². The molecule has 0 fully saturated rings. The minimum atomic E-state index is -0.605. The number of esters is 1. The summed E-state index contributed by atoms with van der Waals surface area (Å²) in [5.74, 6) is 0.298. The van der Waals surface area contributed by atoms with Crippen LogP contribution in [0.4, 0.5) is 5.69 Å². The molecule has 0 bridgehead atoms. The molecule has 0 atom stereocenters. The first kappa shape index (κ1) is 25.7. The molecule has 0 saturated carbocycles. The molecule has 0 radical (unpaired) electrons. The van der Waals surface area contributed by atoms with Gasteiger partial charge < -0.3 is 19.5 Å². The third-order valence-electron chi connectivity index (χ3n) is 5.58. The lowest BCUT2D eigenvalue weighted by Gasteiger charge is -2.20. The third kappa shape index (κ3) is 5.96. The van der Waals surface area contributed by atoms with Gasteiger partial charge in [0, 0.05) is 23.3 Å². The molecule has 0 unspecified atom stereocenters. The molecular weight excluding hydrogens is 524 g/mol. The average molecular weight is 545 g/mol. The van der Waals surface area contributed by atoms with Gasteiger partial charge in [-0.25, -0.2) is 0 Å². The number of nitrogens with one attached hydrogen (secondary N) is 1. The minimum absolute atomic E-state index is 0.0988. The van der Waals surface area contributed by atoms with E-state index in [9.17, 15) is 19.7 Å². The second-order valence-corrected chi connectivity index (χ2v) is 9.27. The summed E-state index contributed by atoms with van der Waals surface area (Å²) in [6.07, 6.45) is 0. The van der Waals surface area contributed by atoms with Gasteiger partial charge in [0.25, 0.3) is 11.6 Å². The summed E-state index contributed by atoms with van der Waals surface area (Å²) in [6, 6.07) is 20.9. The predicted molar refractivity (Wildman–Crippen MR) is 141 cm³/mol. The molecule has 11 nitrogen and oxygen atoms in total. The van der Waals surface area contributed by atoms with E-state index >= 15 is 0 Å². The van der Waals surface area contributed by atoms with Crippen molar-refractivity contribution in [3.05, 3.63) is 82.9 Å². The number of nitro benzene ring substituents is 1. The zero-order valence-corrected chi connectivity index (χ0v) is 21.3. The fraction of sp³-hybridized carbons (Fsp3) is 0.111. The number of amides is 1. The predicted octanol–water partition coefficient (Wildman–Crippen LogP) is 4.64. The Morgan fingerprint density at radius 1 is 0.949 bits per heavy atom. The summed E-state index contributed by atoms with van der Waals surface area (Å²) in [7, 11) is 1.21. The molecule has 5 rings (SSSR count). The number of aromatic nitrogens is 2. The Morgan fingerprint density at radius 2 is 1.69 bits per heavy atom. The van der Waals surface area contributed by atoms with E-state index in [2.05, 4.69) is 20.0 Å². The van der Waals surface area contributed by atoms with E-state index in [4.69, 9.17) is 9.47 Å². The zero-order chi connectivity index (χ0) is 27.4. The fourth-order valence-electron chi connectivity index (χ4n) is 3.68. The normalized spacial score (nSPS) is 11.4. The zero-order valence-electron chi connectivity index (χ0n) is 20.5. The van der Waals surface area contributed by atoms with Crippen molar-refractivity contribution in [3.8, 4) is 40.0 Å². The number of carbonyl (C=O) groups excluding carboxylic acids is 2. The number of carbonyl (C=O) groups is 2. The van der Waals surface area contributed by atoms with Gasteiger partial charge in [0.2, 0.25) is 0 Å². The third-order valence-corrected chi connectivity index (χ3v) is 6.67. The number of hydrogen-bond acceptors (Lipinski definition) is 10. The number of hydrogen-bond donors (Lipinski definition) is 1. The number of ether oxygens (including phenoxy) is 3. The maximum atomic E-state index is 12.1. The van der Waals surface area contributed by atoms with Crippen molar-refractivity contribution < 1.29 is 28.7 Å². The van der Waals surface area contributed by atoms with Crippen LogP contribution in [0.1, 0.15) is 0 Å². The maximum Gasteiger partial charge on any atom is 0.325 e. The van der Waals surface area contributed by atoms with Gasteiger partial charge in [0.15, 0.2) is 6.61 Å². The van der Waals surface area contributed by atoms with Crippen LogP contribution in [0, 0.1) is 10.1 Å². The number of para-hydroxylation sites is 1. The molecule has 4 aromatic rings. The van der Waals surface area contributed by atoms with Gasteiger partial charge in [-0.1, -0.05) is 36.0 Å². The number of nitro groups is 1. The summed E-state index contributed by atoms with van der Waals surface area (Å²) in [4.78, 5) is 45.0. The van der Waals surface area contributed by atoms with E-state index in [1.165, 1.54) is 19.2 Å². The van der Waals surface area contributed by atoms with Crippen LogP contribution >= 0.6 is 11.8 Å². The topological polar surface area (TPSA) is 143 Å². The van der Waals surface area contributed by atoms with Crippen molar-refractivity contribution in [2.24, 2.45) is 0 Å². The number of rotatable bonds is 8. The highest BCUT2D eigenvalue weighted by atomic mass is 32.2. The quantitative estimate of drug-likeness (QED) is 0.167. The lowest BCUT2D eigenvalue weighted by Crippen LogP contribution is -2.34. The summed E-state index contributed by atoms with van der Waals surface area (Å²) in [5, 5.41) is 13.7. The second-order valence-electron chi connectivity index (χ2n) is 8.18. The maximum absolute atomic E-state index is 12.1. The molecule has 1 aromatic heterocycles. The lowest BCUT2D eigenvalue weighted by molar-refractivity contribution is -0.384. The van der Waals surface area contributed by atoms with Gasteiger partial charge in [-0.2, -0.15) is 9.97 Å². The molecule has 12 heteroatoms. The second kappa shape index (κ2) is 11.2. The van der Waals surface area contributed by atoms with Crippen LogP contribution in [0.25, 0.3) is 22.5 Å². The minimum Gasteiger partial charge on any atom is -0.468 e. The van der Waals surface area contributed by atoms with Gasteiger partial charge >= 0.3 is 12.0 Å². The molecule has 196 valence electrons. The number of non-ortho nitro benzene ring substituents is 1. The molecule has 0 aliphatic carbocycles. The monoisotopic (exact) mass is 544 g/mol. The standard InChI is InChI=1S/C27H20N4O7S/c1-36-26(33)14-28-25(32)15-37-27-29-19(16-5-4-6-18(11-16)31(34)35)13-20(30-27)17-9-10-22-24(12-17)39-23-8-3-2-7-21(23)38-22/h2-13H,14-15H2,1H3,(H,28,32). The first-order valence-corrected chi connectivity index (χ1v) is 12.4. The van der Waals surface area contributed by atoms with Crippen LogP contribution in [0.3, 0.4) is 0 Å². The number of benzene rings is 3. The molecule has 1 aliphatic heterocycles. The van der Waals surface area contributed by atoms with Crippen molar-refractivity contribution >= 4 is 29.3 Å². The summed E-state index contributed by atoms with van der Waals surface area (Å²) in [6.45, 7) is -0.768. The van der Waals surface area contributed by atoms with Crippen LogP contribution in [-0.2, 0) is 14.3 Å². The van der Waals surface area contributed by atoms with Gasteiger partial charge in [-0.3, -0.25) is 19.7 Å². The number of methoxy groups -OCH3 is 1. The highest BCUT2D eigenvalue weighted by molar-refractivity contribution is 7.99. The van der Waals surface area contributed by atoms with E-state index < -0.39 is 23.4 Å². The SMILES string of the molecule is COC(=O)CNC(=O)COc1nc(-c2cccc([N+](=O)[O-])c2)cc(-c2ccc3c(c2)Sc2ccccc2O3)n1. The van der Waals surface area contributed by atoms with E-state index in [1.54, 1.807) is 30.0 Å². The molecule has 1 amide bonds. The van der Waals surface area contributed by atoms with Gasteiger partial charge in [-0.15, -0.1) is 0 Å². The van der Waals surface area contributed by atoms with Crippen molar-refractivity contribution in [1.82, 2.24) is 15.3 Å². The van der Waals surface area contributed by atoms with Crippen LogP contribution in [0.15, 0.2) is 82.6 Å². The fourth-order valence-corrected chi connectivity index (χ4v) is 4.67. The average Bonchev–Trinajstić information content (AvgIpc) is 2.97. The smallest absolute Gasteiger partial charge is 0.325 e. The molecule has 3 aromatic carbocycles. The largest absolute Gasteiger partial charge is 0.468 e. The van der Waals surface area contributed by atoms with Crippen LogP contribution < -0.4 is 14.8 Å². The highest BCUT2D eigenvalue weighted by Gasteiger charge is 2.20. The molecule has 0 saturated heterocycles. The van der Waals surface area contributed by atoms with Crippen molar-refractivity contribution in [2.75, 3.05) is 20.3 Å². The molecule has 0 spiro atoms. The van der Waals surface area contributed by atoms with Gasteiger partial charge in [0.1, 0.15) is 18.0 Å². The van der Waals surface area contributed by atoms with Crippen molar-refractivity contribution in [1.29, 1.82) is 0 Å². The molecular formula is C27H20N4O7S. The number of fused-ring (bicyclic) bond motifs is 2. The summed E-state index contributed by atoms with van der Waals surface area (Å²) >= 11 is 1.56. The molecule has 2 heterocycles. The van der Waals surface area contributed by atoms with Crippen LogP contribution in [0.5, 0.6) is 17.5 Å². The van der Waals surface area contributed by atoms with E-state index in [1.807, 2.05) is 42.5 Å². The van der Waals surface area contributed by atoms with E-state index in [0.717, 1.165) is 21.1 Å². The Bertz CT molecular complexity index is 1590. The summed E-state index contributed by atoms with van der Waals surface area (Å²) in [5.41, 5.74) is 1.92. The molecule has 1 N–H and O–H groups in total.